The normalized spacial score (nSPS) is 40.1. The number of rotatable bonds is 2. The van der Waals surface area contributed by atoms with E-state index in [0.29, 0.717) is 12.1 Å². The summed E-state index contributed by atoms with van der Waals surface area (Å²) in [6, 6.07) is 0.351. The monoisotopic (exact) mass is 227 g/mol. The molecule has 94 valence electrons. The van der Waals surface area contributed by atoms with Crippen LogP contribution in [-0.4, -0.2) is 48.5 Å². The predicted octanol–water partition coefficient (Wildman–Crippen LogP) is 1.65. The van der Waals surface area contributed by atoms with Crippen molar-refractivity contribution in [1.82, 2.24) is 4.90 Å². The molecule has 1 saturated carbocycles. The molecule has 0 aromatic heterocycles. The summed E-state index contributed by atoms with van der Waals surface area (Å²) in [5, 5.41) is 10.4. The summed E-state index contributed by atoms with van der Waals surface area (Å²) in [6.45, 7) is 6.45. The molecule has 3 nitrogen and oxygen atoms in total. The molecule has 1 heterocycles. The molecule has 2 rings (SSSR count). The van der Waals surface area contributed by atoms with Gasteiger partial charge in [-0.15, -0.1) is 0 Å². The second-order valence-corrected chi connectivity index (χ2v) is 6.03. The van der Waals surface area contributed by atoms with Crippen molar-refractivity contribution < 1.29 is 9.84 Å². The fraction of sp³-hybridized carbons (Fsp3) is 1.00. The molecule has 1 saturated heterocycles. The van der Waals surface area contributed by atoms with Crippen molar-refractivity contribution in [2.24, 2.45) is 5.41 Å². The number of likely N-dealkylation sites (tertiary alicyclic amines) is 1. The fourth-order valence-corrected chi connectivity index (χ4v) is 3.22. The van der Waals surface area contributed by atoms with Crippen LogP contribution in [0, 0.1) is 5.41 Å². The minimum atomic E-state index is -0.183. The molecule has 0 aromatic rings. The Morgan fingerprint density at radius 3 is 2.69 bits per heavy atom. The molecule has 3 unspecified atom stereocenters. The number of methoxy groups -OCH3 is 1. The summed E-state index contributed by atoms with van der Waals surface area (Å²) < 4.78 is 5.40. The van der Waals surface area contributed by atoms with Crippen molar-refractivity contribution in [1.29, 1.82) is 0 Å². The van der Waals surface area contributed by atoms with Crippen LogP contribution in [-0.2, 0) is 4.74 Å². The highest BCUT2D eigenvalue weighted by Crippen LogP contribution is 2.38. The minimum Gasteiger partial charge on any atom is -0.391 e. The lowest BCUT2D eigenvalue weighted by Crippen LogP contribution is -2.51. The van der Waals surface area contributed by atoms with E-state index < -0.39 is 0 Å². The van der Waals surface area contributed by atoms with E-state index in [2.05, 4.69) is 18.7 Å². The number of hydrogen-bond acceptors (Lipinski definition) is 3. The molecule has 16 heavy (non-hydrogen) atoms. The van der Waals surface area contributed by atoms with Crippen molar-refractivity contribution in [3.05, 3.63) is 0 Å². The molecule has 3 atom stereocenters. The minimum absolute atomic E-state index is 0.0775. The van der Waals surface area contributed by atoms with E-state index in [9.17, 15) is 5.11 Å². The lowest BCUT2D eigenvalue weighted by atomic mass is 9.72. The van der Waals surface area contributed by atoms with Gasteiger partial charge in [-0.05, 0) is 24.7 Å². The molecule has 0 spiro atoms. The zero-order chi connectivity index (χ0) is 11.8. The average molecular weight is 227 g/mol. The molecule has 1 N–H and O–H groups in total. The molecule has 3 heteroatoms. The quantitative estimate of drug-likeness (QED) is 0.778. The molecule has 0 amide bonds. The zero-order valence-corrected chi connectivity index (χ0v) is 10.8. The Hall–Kier alpha value is -0.120. The summed E-state index contributed by atoms with van der Waals surface area (Å²) in [7, 11) is 1.79. The fourth-order valence-electron chi connectivity index (χ4n) is 3.22. The SMILES string of the molecule is COC1CCN(C2CCCC(C)(C)C2O)C1. The molecule has 0 bridgehead atoms. The molecule has 1 aliphatic heterocycles. The van der Waals surface area contributed by atoms with Crippen LogP contribution in [0.4, 0.5) is 0 Å². The van der Waals surface area contributed by atoms with E-state index in [1.54, 1.807) is 7.11 Å². The maximum Gasteiger partial charge on any atom is 0.0746 e. The van der Waals surface area contributed by atoms with Crippen molar-refractivity contribution in [3.8, 4) is 0 Å². The van der Waals surface area contributed by atoms with Crippen LogP contribution in [0.15, 0.2) is 0 Å². The van der Waals surface area contributed by atoms with E-state index in [0.717, 1.165) is 32.4 Å². The van der Waals surface area contributed by atoms with Gasteiger partial charge in [0.25, 0.3) is 0 Å². The van der Waals surface area contributed by atoms with Crippen molar-refractivity contribution in [2.45, 2.75) is 57.8 Å². The van der Waals surface area contributed by atoms with Gasteiger partial charge in [-0.2, -0.15) is 0 Å². The Kier molecular flexibility index (Phi) is 3.57. The van der Waals surface area contributed by atoms with Gasteiger partial charge in [0.05, 0.1) is 12.2 Å². The third kappa shape index (κ3) is 2.27. The van der Waals surface area contributed by atoms with E-state index in [4.69, 9.17) is 4.74 Å². The van der Waals surface area contributed by atoms with Crippen LogP contribution >= 0.6 is 0 Å². The number of aliphatic hydroxyl groups is 1. The first-order valence-corrected chi connectivity index (χ1v) is 6.49. The first-order chi connectivity index (χ1) is 7.54. The second kappa shape index (κ2) is 4.63. The summed E-state index contributed by atoms with van der Waals surface area (Å²) in [6.07, 6.45) is 4.82. The largest absolute Gasteiger partial charge is 0.391 e. The topological polar surface area (TPSA) is 32.7 Å². The van der Waals surface area contributed by atoms with Crippen LogP contribution in [0.3, 0.4) is 0 Å². The first-order valence-electron chi connectivity index (χ1n) is 6.49. The Morgan fingerprint density at radius 2 is 2.06 bits per heavy atom. The third-order valence-corrected chi connectivity index (χ3v) is 4.46. The highest BCUT2D eigenvalue weighted by atomic mass is 16.5. The van der Waals surface area contributed by atoms with Gasteiger partial charge >= 0.3 is 0 Å². The van der Waals surface area contributed by atoms with Crippen molar-refractivity contribution in [2.75, 3.05) is 20.2 Å². The standard InChI is InChI=1S/C13H25NO2/c1-13(2)7-4-5-11(12(13)15)14-8-6-10(9-14)16-3/h10-12,15H,4-9H2,1-3H3. The van der Waals surface area contributed by atoms with Gasteiger partial charge < -0.3 is 9.84 Å². The Balaban J connectivity index is 1.99. The Morgan fingerprint density at radius 1 is 1.31 bits per heavy atom. The molecule has 1 aliphatic carbocycles. The second-order valence-electron chi connectivity index (χ2n) is 6.03. The number of ether oxygens (including phenoxy) is 1. The lowest BCUT2D eigenvalue weighted by Gasteiger charge is -2.44. The van der Waals surface area contributed by atoms with Crippen LogP contribution in [0.25, 0.3) is 0 Å². The number of nitrogens with zero attached hydrogens (tertiary/aromatic N) is 1. The third-order valence-electron chi connectivity index (χ3n) is 4.46. The van der Waals surface area contributed by atoms with Gasteiger partial charge in [0.15, 0.2) is 0 Å². The van der Waals surface area contributed by atoms with Gasteiger partial charge in [0, 0.05) is 26.2 Å². The predicted molar refractivity (Wildman–Crippen MR) is 64.4 cm³/mol. The summed E-state index contributed by atoms with van der Waals surface area (Å²) in [5.41, 5.74) is 0.0775. The molecular weight excluding hydrogens is 202 g/mol. The molecule has 0 radical (unpaired) electrons. The van der Waals surface area contributed by atoms with Crippen LogP contribution in [0.5, 0.6) is 0 Å². The van der Waals surface area contributed by atoms with E-state index in [1.807, 2.05) is 0 Å². The van der Waals surface area contributed by atoms with Gasteiger partial charge in [-0.3, -0.25) is 4.90 Å². The summed E-state index contributed by atoms with van der Waals surface area (Å²) in [5.74, 6) is 0. The zero-order valence-electron chi connectivity index (χ0n) is 10.8. The number of aliphatic hydroxyl groups excluding tert-OH is 1. The van der Waals surface area contributed by atoms with Crippen LogP contribution in [0.2, 0.25) is 0 Å². The maximum absolute atomic E-state index is 10.4. The van der Waals surface area contributed by atoms with Crippen LogP contribution in [0.1, 0.15) is 39.5 Å². The van der Waals surface area contributed by atoms with Crippen LogP contribution < -0.4 is 0 Å². The van der Waals surface area contributed by atoms with Gasteiger partial charge in [-0.25, -0.2) is 0 Å². The van der Waals surface area contributed by atoms with E-state index >= 15 is 0 Å². The molecule has 2 aliphatic rings. The molecular formula is C13H25NO2. The first kappa shape index (κ1) is 12.3. The van der Waals surface area contributed by atoms with E-state index in [1.165, 1.54) is 6.42 Å². The highest BCUT2D eigenvalue weighted by molar-refractivity contribution is 4.95. The number of hydrogen-bond donors (Lipinski definition) is 1. The summed E-state index contributed by atoms with van der Waals surface area (Å²) >= 11 is 0. The Labute approximate surface area is 98.8 Å². The molecule has 0 aromatic carbocycles. The smallest absolute Gasteiger partial charge is 0.0746 e. The average Bonchev–Trinajstić information content (AvgIpc) is 2.70. The highest BCUT2D eigenvalue weighted by Gasteiger charge is 2.42. The Bertz CT molecular complexity index is 242. The maximum atomic E-state index is 10.4. The molecule has 2 fully saturated rings. The van der Waals surface area contributed by atoms with E-state index in [-0.39, 0.29) is 11.5 Å². The van der Waals surface area contributed by atoms with Gasteiger partial charge in [0.1, 0.15) is 0 Å². The van der Waals surface area contributed by atoms with Crippen molar-refractivity contribution in [3.63, 3.8) is 0 Å². The lowest BCUT2D eigenvalue weighted by molar-refractivity contribution is -0.0542. The van der Waals surface area contributed by atoms with Gasteiger partial charge in [0.2, 0.25) is 0 Å². The van der Waals surface area contributed by atoms with Crippen molar-refractivity contribution >= 4 is 0 Å². The summed E-state index contributed by atoms with van der Waals surface area (Å²) in [4.78, 5) is 2.43. The van der Waals surface area contributed by atoms with Gasteiger partial charge in [-0.1, -0.05) is 20.3 Å².